The van der Waals surface area contributed by atoms with E-state index >= 15 is 0 Å². The van der Waals surface area contributed by atoms with E-state index in [1.165, 1.54) is 11.8 Å². The molecule has 3 aromatic rings. The summed E-state index contributed by atoms with van der Waals surface area (Å²) in [6.07, 6.45) is 1.73. The standard InChI is InChI=1S/C20H18ClN5O2S/c1-2-10-26-19(13-6-5-7-14(21)11-13)24-25-20(26)29-12-17(27)23-16-9-4-3-8-15(16)18(22)28/h2-9,11H,1,10,12H2,(H2,22,28)(H,23,27). The average molecular weight is 428 g/mol. The highest BCUT2D eigenvalue weighted by atomic mass is 35.5. The average Bonchev–Trinajstić information content (AvgIpc) is 3.09. The topological polar surface area (TPSA) is 103 Å². The van der Waals surface area contributed by atoms with E-state index in [-0.39, 0.29) is 17.2 Å². The van der Waals surface area contributed by atoms with Crippen LogP contribution in [0.1, 0.15) is 10.4 Å². The molecule has 29 heavy (non-hydrogen) atoms. The van der Waals surface area contributed by atoms with E-state index in [4.69, 9.17) is 17.3 Å². The van der Waals surface area contributed by atoms with Gasteiger partial charge in [0.2, 0.25) is 5.91 Å². The third-order valence-electron chi connectivity index (χ3n) is 3.91. The second-order valence-electron chi connectivity index (χ2n) is 5.96. The van der Waals surface area contributed by atoms with Crippen LogP contribution in [0.4, 0.5) is 5.69 Å². The van der Waals surface area contributed by atoms with Gasteiger partial charge in [0.15, 0.2) is 11.0 Å². The summed E-state index contributed by atoms with van der Waals surface area (Å²) >= 11 is 7.31. The SMILES string of the molecule is C=CCn1c(SCC(=O)Nc2ccccc2C(N)=O)nnc1-c1cccc(Cl)c1. The number of allylic oxidation sites excluding steroid dienone is 1. The first-order valence-electron chi connectivity index (χ1n) is 8.61. The molecule has 0 spiro atoms. The zero-order valence-electron chi connectivity index (χ0n) is 15.3. The molecule has 0 aliphatic heterocycles. The number of halogens is 1. The molecule has 0 radical (unpaired) electrons. The molecule has 0 unspecified atom stereocenters. The number of thioether (sulfide) groups is 1. The fourth-order valence-electron chi connectivity index (χ4n) is 2.65. The van der Waals surface area contributed by atoms with Gasteiger partial charge in [-0.1, -0.05) is 53.7 Å². The molecular weight excluding hydrogens is 410 g/mol. The normalized spacial score (nSPS) is 10.5. The van der Waals surface area contributed by atoms with Gasteiger partial charge in [-0.15, -0.1) is 16.8 Å². The summed E-state index contributed by atoms with van der Waals surface area (Å²) < 4.78 is 1.86. The number of benzene rings is 2. The number of carbonyl (C=O) groups is 2. The van der Waals surface area contributed by atoms with Crippen molar-refractivity contribution in [1.82, 2.24) is 14.8 Å². The molecule has 0 saturated heterocycles. The molecule has 2 aromatic carbocycles. The molecule has 0 aliphatic carbocycles. The van der Waals surface area contributed by atoms with Crippen molar-refractivity contribution in [3.05, 3.63) is 71.8 Å². The van der Waals surface area contributed by atoms with Crippen molar-refractivity contribution in [3.8, 4) is 11.4 Å². The lowest BCUT2D eigenvalue weighted by Crippen LogP contribution is -2.19. The molecule has 0 atom stereocenters. The number of anilines is 1. The number of hydrogen-bond acceptors (Lipinski definition) is 5. The van der Waals surface area contributed by atoms with Crippen molar-refractivity contribution < 1.29 is 9.59 Å². The van der Waals surface area contributed by atoms with Gasteiger partial charge < -0.3 is 11.1 Å². The van der Waals surface area contributed by atoms with Crippen LogP contribution >= 0.6 is 23.4 Å². The van der Waals surface area contributed by atoms with Gasteiger partial charge in [-0.05, 0) is 24.3 Å². The highest BCUT2D eigenvalue weighted by Crippen LogP contribution is 2.26. The predicted octanol–water partition coefficient (Wildman–Crippen LogP) is 3.61. The van der Waals surface area contributed by atoms with Crippen LogP contribution < -0.4 is 11.1 Å². The number of nitrogens with two attached hydrogens (primary N) is 1. The number of primary amides is 1. The number of nitrogens with one attached hydrogen (secondary N) is 1. The van der Waals surface area contributed by atoms with Gasteiger partial charge in [0.25, 0.3) is 5.91 Å². The Balaban J connectivity index is 1.75. The van der Waals surface area contributed by atoms with Crippen LogP contribution in [0.15, 0.2) is 66.3 Å². The van der Waals surface area contributed by atoms with E-state index in [0.717, 1.165) is 5.56 Å². The van der Waals surface area contributed by atoms with Crippen molar-refractivity contribution in [2.75, 3.05) is 11.1 Å². The van der Waals surface area contributed by atoms with Crippen LogP contribution in [0.2, 0.25) is 5.02 Å². The molecule has 2 amide bonds. The number of rotatable bonds is 8. The number of amides is 2. The molecule has 1 aromatic heterocycles. The van der Waals surface area contributed by atoms with Gasteiger partial charge >= 0.3 is 0 Å². The van der Waals surface area contributed by atoms with E-state index in [1.54, 1.807) is 42.5 Å². The monoisotopic (exact) mass is 427 g/mol. The zero-order valence-corrected chi connectivity index (χ0v) is 16.9. The Bertz CT molecular complexity index is 1070. The first-order valence-corrected chi connectivity index (χ1v) is 9.97. The van der Waals surface area contributed by atoms with Gasteiger partial charge in [0, 0.05) is 17.1 Å². The van der Waals surface area contributed by atoms with Crippen LogP contribution in [0.5, 0.6) is 0 Å². The summed E-state index contributed by atoms with van der Waals surface area (Å²) in [6.45, 7) is 4.25. The number of hydrogen-bond donors (Lipinski definition) is 2. The molecule has 0 fully saturated rings. The van der Waals surface area contributed by atoms with Gasteiger partial charge in [0.1, 0.15) is 0 Å². The minimum absolute atomic E-state index is 0.0813. The first-order chi connectivity index (χ1) is 14.0. The van der Waals surface area contributed by atoms with E-state index < -0.39 is 5.91 Å². The Morgan fingerprint density at radius 1 is 1.21 bits per heavy atom. The highest BCUT2D eigenvalue weighted by Gasteiger charge is 2.16. The Hall–Kier alpha value is -3.10. The Morgan fingerprint density at radius 3 is 2.72 bits per heavy atom. The Labute approximate surface area is 177 Å². The van der Waals surface area contributed by atoms with Crippen molar-refractivity contribution in [2.45, 2.75) is 11.7 Å². The second-order valence-corrected chi connectivity index (χ2v) is 7.34. The van der Waals surface area contributed by atoms with Gasteiger partial charge in [0.05, 0.1) is 17.0 Å². The minimum Gasteiger partial charge on any atom is -0.366 e. The molecule has 7 nitrogen and oxygen atoms in total. The number of aromatic nitrogens is 3. The van der Waals surface area contributed by atoms with Crippen LogP contribution in [-0.4, -0.2) is 32.3 Å². The van der Waals surface area contributed by atoms with Gasteiger partial charge in [-0.2, -0.15) is 0 Å². The Kier molecular flexibility index (Phi) is 6.69. The van der Waals surface area contributed by atoms with Crippen LogP contribution in [0.25, 0.3) is 11.4 Å². The van der Waals surface area contributed by atoms with Crippen molar-refractivity contribution >= 4 is 40.9 Å². The molecule has 3 N–H and O–H groups in total. The third-order valence-corrected chi connectivity index (χ3v) is 5.11. The van der Waals surface area contributed by atoms with Crippen molar-refractivity contribution in [2.24, 2.45) is 5.73 Å². The van der Waals surface area contributed by atoms with Gasteiger partial charge in [-0.25, -0.2) is 0 Å². The molecule has 3 rings (SSSR count). The summed E-state index contributed by atoms with van der Waals surface area (Å²) in [5.41, 5.74) is 6.79. The van der Waals surface area contributed by atoms with E-state index in [0.29, 0.717) is 28.2 Å². The minimum atomic E-state index is -0.606. The van der Waals surface area contributed by atoms with Crippen LogP contribution in [-0.2, 0) is 11.3 Å². The molecule has 148 valence electrons. The number of nitrogens with zero attached hydrogens (tertiary/aromatic N) is 3. The lowest BCUT2D eigenvalue weighted by Gasteiger charge is -2.10. The van der Waals surface area contributed by atoms with Gasteiger partial charge in [-0.3, -0.25) is 14.2 Å². The second kappa shape index (κ2) is 9.40. The first kappa shape index (κ1) is 20.6. The summed E-state index contributed by atoms with van der Waals surface area (Å²) in [6, 6.07) is 13.9. The fourth-order valence-corrected chi connectivity index (χ4v) is 3.59. The third kappa shape index (κ3) is 5.04. The molecule has 0 saturated carbocycles. The van der Waals surface area contributed by atoms with Crippen molar-refractivity contribution in [1.29, 1.82) is 0 Å². The Morgan fingerprint density at radius 2 is 2.00 bits per heavy atom. The van der Waals surface area contributed by atoms with Crippen LogP contribution in [0, 0.1) is 0 Å². The number of carbonyl (C=O) groups excluding carboxylic acids is 2. The smallest absolute Gasteiger partial charge is 0.250 e. The molecule has 9 heteroatoms. The van der Waals surface area contributed by atoms with Crippen LogP contribution in [0.3, 0.4) is 0 Å². The molecule has 1 heterocycles. The summed E-state index contributed by atoms with van der Waals surface area (Å²) in [5.74, 6) is -0.182. The maximum Gasteiger partial charge on any atom is 0.250 e. The summed E-state index contributed by atoms with van der Waals surface area (Å²) in [5, 5.41) is 12.3. The van der Waals surface area contributed by atoms with E-state index in [2.05, 4.69) is 22.1 Å². The largest absolute Gasteiger partial charge is 0.366 e. The van der Waals surface area contributed by atoms with Crippen molar-refractivity contribution in [3.63, 3.8) is 0 Å². The maximum absolute atomic E-state index is 12.4. The molecule has 0 aliphatic rings. The molecule has 0 bridgehead atoms. The number of para-hydroxylation sites is 1. The lowest BCUT2D eigenvalue weighted by atomic mass is 10.1. The quantitative estimate of drug-likeness (QED) is 0.422. The predicted molar refractivity (Wildman–Crippen MR) is 115 cm³/mol. The van der Waals surface area contributed by atoms with E-state index in [1.807, 2.05) is 16.7 Å². The maximum atomic E-state index is 12.4. The zero-order chi connectivity index (χ0) is 20.8. The summed E-state index contributed by atoms with van der Waals surface area (Å²) in [7, 11) is 0. The molecular formula is C20H18ClN5O2S. The summed E-state index contributed by atoms with van der Waals surface area (Å²) in [4.78, 5) is 23.9. The van der Waals surface area contributed by atoms with E-state index in [9.17, 15) is 9.59 Å². The lowest BCUT2D eigenvalue weighted by molar-refractivity contribution is -0.113. The highest BCUT2D eigenvalue weighted by molar-refractivity contribution is 7.99. The fraction of sp³-hybridized carbons (Fsp3) is 0.100.